The molecule has 1 atom stereocenters. The smallest absolute Gasteiger partial charge is 0.275 e. The van der Waals surface area contributed by atoms with Crippen molar-refractivity contribution in [2.24, 2.45) is 0 Å². The van der Waals surface area contributed by atoms with Crippen LogP contribution >= 0.6 is 46.2 Å². The zero-order valence-electron chi connectivity index (χ0n) is 8.70. The van der Waals surface area contributed by atoms with E-state index in [0.29, 0.717) is 0 Å². The number of nitrogens with two attached hydrogens (primary N) is 2. The Balaban J connectivity index is 2.93. The third kappa shape index (κ3) is 3.72. The zero-order valence-corrected chi connectivity index (χ0v) is 12.4. The highest BCUT2D eigenvalue weighted by atomic mass is 127. The Bertz CT molecular complexity index is 429. The molecule has 1 aromatic heterocycles. The van der Waals surface area contributed by atoms with Crippen LogP contribution in [-0.4, -0.2) is 27.6 Å². The third-order valence-electron chi connectivity index (χ3n) is 1.72. The van der Waals surface area contributed by atoms with E-state index in [2.05, 4.69) is 18.8 Å². The van der Waals surface area contributed by atoms with E-state index in [0.717, 1.165) is 0 Å². The van der Waals surface area contributed by atoms with Gasteiger partial charge in [-0.3, -0.25) is 4.79 Å². The topological polar surface area (TPSA) is 119 Å². The average molecular weight is 389 g/mol. The summed E-state index contributed by atoms with van der Waals surface area (Å²) < 4.78 is 2.85. The van der Waals surface area contributed by atoms with Gasteiger partial charge in [0.2, 0.25) is 0 Å². The maximum Gasteiger partial charge on any atom is 0.275 e. The summed E-state index contributed by atoms with van der Waals surface area (Å²) in [7, 11) is 0. The fourth-order valence-electron chi connectivity index (χ4n) is 0.927. The number of carbonyl (C=O) groups is 1. The van der Waals surface area contributed by atoms with Crippen LogP contribution in [0.5, 0.6) is 0 Å². The largest absolute Gasteiger partial charge is 0.382 e. The summed E-state index contributed by atoms with van der Waals surface area (Å²) >= 11 is 9.01. The number of nitrogens with one attached hydrogen (secondary N) is 2. The normalized spacial score (nSPS) is 12.2. The second kappa shape index (κ2) is 6.42. The lowest BCUT2D eigenvalue weighted by atomic mass is 10.4. The van der Waals surface area contributed by atoms with Crippen LogP contribution in [0.15, 0.2) is 0 Å². The van der Waals surface area contributed by atoms with Crippen molar-refractivity contribution in [3.63, 3.8) is 0 Å². The number of hydrogen-bond donors (Lipinski definition) is 4. The van der Waals surface area contributed by atoms with Crippen molar-refractivity contribution in [1.82, 2.24) is 18.8 Å². The molecule has 0 aromatic carbocycles. The van der Waals surface area contributed by atoms with Crippen molar-refractivity contribution in [1.29, 1.82) is 0 Å². The number of nitrogens with zero attached hydrogens (tertiary/aromatic N) is 2. The molecule has 1 aromatic rings. The van der Waals surface area contributed by atoms with E-state index in [1.54, 1.807) is 0 Å². The van der Waals surface area contributed by atoms with Crippen molar-refractivity contribution in [3.8, 4) is 0 Å². The number of halogens is 2. The second-order valence-corrected chi connectivity index (χ2v) is 4.76. The van der Waals surface area contributed by atoms with Gasteiger partial charge in [-0.25, -0.2) is 13.5 Å². The van der Waals surface area contributed by atoms with Gasteiger partial charge in [0.05, 0.1) is 0 Å². The fourth-order valence-corrected chi connectivity index (χ4v) is 2.29. The van der Waals surface area contributed by atoms with Gasteiger partial charge in [-0.1, -0.05) is 11.6 Å². The van der Waals surface area contributed by atoms with Crippen LogP contribution in [0.2, 0.25) is 5.15 Å². The van der Waals surface area contributed by atoms with Gasteiger partial charge in [-0.05, 0) is 6.26 Å². The molecule has 0 aliphatic rings. The van der Waals surface area contributed by atoms with Crippen molar-refractivity contribution in [2.75, 3.05) is 17.7 Å². The highest BCUT2D eigenvalue weighted by Gasteiger charge is 2.18. The molecule has 0 radical (unpaired) electrons. The first-order chi connectivity index (χ1) is 7.99. The number of carbonyl (C=O) groups excluding carboxylic acids is 1. The zero-order chi connectivity index (χ0) is 13.0. The first kappa shape index (κ1) is 14.5. The SMILES string of the molecule is CSC(NI)NC(=O)c1nc(Cl)c(N)nc1N. The Morgan fingerprint density at radius 2 is 2.12 bits per heavy atom. The molecule has 1 rings (SSSR count). The Kier molecular flexibility index (Phi) is 5.49. The minimum absolute atomic E-state index is 0.00542. The molecule has 10 heteroatoms. The monoisotopic (exact) mass is 388 g/mol. The van der Waals surface area contributed by atoms with E-state index < -0.39 is 5.91 Å². The van der Waals surface area contributed by atoms with Crippen molar-refractivity contribution in [3.05, 3.63) is 10.8 Å². The molecular weight excluding hydrogens is 379 g/mol. The first-order valence-electron chi connectivity index (χ1n) is 4.28. The molecule has 17 heavy (non-hydrogen) atoms. The van der Waals surface area contributed by atoms with Crippen molar-refractivity contribution < 1.29 is 4.79 Å². The Morgan fingerprint density at radius 1 is 1.47 bits per heavy atom. The van der Waals surface area contributed by atoms with Crippen LogP contribution < -0.4 is 20.3 Å². The van der Waals surface area contributed by atoms with E-state index in [4.69, 9.17) is 23.1 Å². The minimum atomic E-state index is -0.472. The molecule has 0 saturated carbocycles. The molecule has 0 saturated heterocycles. The Hall–Kier alpha value is -0.520. The molecule has 0 bridgehead atoms. The summed E-state index contributed by atoms with van der Waals surface area (Å²) in [6.07, 6.45) is 1.83. The van der Waals surface area contributed by atoms with Crippen LogP contribution in [0.4, 0.5) is 11.6 Å². The van der Waals surface area contributed by atoms with Crippen LogP contribution in [0.1, 0.15) is 10.5 Å². The van der Waals surface area contributed by atoms with Crippen LogP contribution in [0.25, 0.3) is 0 Å². The number of anilines is 2. The molecule has 1 heterocycles. The highest BCUT2D eigenvalue weighted by Crippen LogP contribution is 2.17. The van der Waals surface area contributed by atoms with Gasteiger partial charge in [0.15, 0.2) is 22.5 Å². The predicted octanol–water partition coefficient (Wildman–Crippen LogP) is 0.610. The molecule has 6 N–H and O–H groups in total. The van der Waals surface area contributed by atoms with E-state index in [1.807, 2.05) is 29.1 Å². The quantitative estimate of drug-likeness (QED) is 0.339. The van der Waals surface area contributed by atoms with Gasteiger partial charge in [0, 0.05) is 22.9 Å². The van der Waals surface area contributed by atoms with Crippen molar-refractivity contribution >= 4 is 63.8 Å². The van der Waals surface area contributed by atoms with Gasteiger partial charge in [-0.15, -0.1) is 11.8 Å². The predicted molar refractivity (Wildman–Crippen MR) is 77.8 cm³/mol. The number of amides is 1. The van der Waals surface area contributed by atoms with Crippen molar-refractivity contribution in [2.45, 2.75) is 5.50 Å². The van der Waals surface area contributed by atoms with Gasteiger partial charge >= 0.3 is 0 Å². The fraction of sp³-hybridized carbons (Fsp3) is 0.286. The number of hydrogen-bond acceptors (Lipinski definition) is 7. The van der Waals surface area contributed by atoms with Gasteiger partial charge in [-0.2, -0.15) is 0 Å². The Morgan fingerprint density at radius 3 is 2.65 bits per heavy atom. The van der Waals surface area contributed by atoms with E-state index >= 15 is 0 Å². The van der Waals surface area contributed by atoms with Crippen LogP contribution in [0.3, 0.4) is 0 Å². The lowest BCUT2D eigenvalue weighted by Crippen LogP contribution is -2.39. The molecule has 0 aliphatic carbocycles. The number of nitrogen functional groups attached to an aromatic ring is 2. The molecule has 1 unspecified atom stereocenters. The summed E-state index contributed by atoms with van der Waals surface area (Å²) in [5.74, 6) is -0.535. The van der Waals surface area contributed by atoms with Gasteiger partial charge in [0.1, 0.15) is 5.50 Å². The maximum absolute atomic E-state index is 11.8. The highest BCUT2D eigenvalue weighted by molar-refractivity contribution is 14.1. The van der Waals surface area contributed by atoms with Gasteiger partial charge < -0.3 is 16.8 Å². The standard InChI is InChI=1S/C7H10ClIN6OS/c1-17-7(15-9)14-6(16)2-4(10)13-5(11)3(8)12-2/h7,15H,1H3,(H,14,16)(H4,10,11,13). The minimum Gasteiger partial charge on any atom is -0.382 e. The lowest BCUT2D eigenvalue weighted by Gasteiger charge is -2.14. The second-order valence-electron chi connectivity index (χ2n) is 2.83. The van der Waals surface area contributed by atoms with Crippen LogP contribution in [0, 0.1) is 0 Å². The molecule has 94 valence electrons. The third-order valence-corrected chi connectivity index (χ3v) is 3.75. The summed E-state index contributed by atoms with van der Waals surface area (Å²) in [6.45, 7) is 0. The Labute approximate surface area is 121 Å². The summed E-state index contributed by atoms with van der Waals surface area (Å²) in [5.41, 5.74) is 10.6. The lowest BCUT2D eigenvalue weighted by molar-refractivity contribution is 0.0945. The summed E-state index contributed by atoms with van der Waals surface area (Å²) in [5, 5.41) is 2.59. The number of aromatic nitrogens is 2. The maximum atomic E-state index is 11.8. The summed E-state index contributed by atoms with van der Waals surface area (Å²) in [4.78, 5) is 19.3. The van der Waals surface area contributed by atoms with Crippen LogP contribution in [-0.2, 0) is 0 Å². The molecule has 0 aliphatic heterocycles. The van der Waals surface area contributed by atoms with E-state index in [9.17, 15) is 4.79 Å². The molecule has 1 amide bonds. The van der Waals surface area contributed by atoms with E-state index in [-0.39, 0.29) is 28.0 Å². The summed E-state index contributed by atoms with van der Waals surface area (Å²) in [6, 6.07) is 0. The number of rotatable bonds is 4. The molecule has 0 fully saturated rings. The number of thioether (sulfide) groups is 1. The molecule has 7 nitrogen and oxygen atoms in total. The van der Waals surface area contributed by atoms with Gasteiger partial charge in [0.25, 0.3) is 5.91 Å². The average Bonchev–Trinajstić information content (AvgIpc) is 2.30. The van der Waals surface area contributed by atoms with E-state index in [1.165, 1.54) is 11.8 Å². The molecular formula is C7H10ClIN6OS. The first-order valence-corrected chi connectivity index (χ1v) is 7.02. The molecule has 0 spiro atoms.